The first kappa shape index (κ1) is 8.30. The Morgan fingerprint density at radius 2 is 2.54 bits per heavy atom. The largest absolute Gasteiger partial charge is 0.285 e. The SMILES string of the molecule is CCC1C=CC(c2cn[nH]c2)=CC1. The first-order chi connectivity index (χ1) is 6.40. The van der Waals surface area contributed by atoms with Crippen LogP contribution in [0.25, 0.3) is 5.57 Å². The molecule has 1 unspecified atom stereocenters. The van der Waals surface area contributed by atoms with Crippen molar-refractivity contribution in [1.82, 2.24) is 10.2 Å². The van der Waals surface area contributed by atoms with Crippen LogP contribution in [0.5, 0.6) is 0 Å². The van der Waals surface area contributed by atoms with Gasteiger partial charge in [-0.2, -0.15) is 5.10 Å². The fourth-order valence-electron chi connectivity index (χ4n) is 1.59. The Balaban J connectivity index is 2.13. The number of nitrogens with one attached hydrogen (secondary N) is 1. The van der Waals surface area contributed by atoms with Gasteiger partial charge >= 0.3 is 0 Å². The summed E-state index contributed by atoms with van der Waals surface area (Å²) in [4.78, 5) is 0. The summed E-state index contributed by atoms with van der Waals surface area (Å²) in [6, 6.07) is 0. The Bertz CT molecular complexity index is 320. The number of aromatic nitrogens is 2. The smallest absolute Gasteiger partial charge is 0.0565 e. The van der Waals surface area contributed by atoms with Gasteiger partial charge in [0.25, 0.3) is 0 Å². The summed E-state index contributed by atoms with van der Waals surface area (Å²) in [6.45, 7) is 2.23. The van der Waals surface area contributed by atoms with E-state index >= 15 is 0 Å². The third-order valence-corrected chi connectivity index (χ3v) is 2.54. The Labute approximate surface area is 78.4 Å². The monoisotopic (exact) mass is 174 g/mol. The number of H-pyrrole nitrogens is 1. The molecular weight excluding hydrogens is 160 g/mol. The van der Waals surface area contributed by atoms with Crippen molar-refractivity contribution in [3.63, 3.8) is 0 Å². The summed E-state index contributed by atoms with van der Waals surface area (Å²) in [5.74, 6) is 0.732. The van der Waals surface area contributed by atoms with Gasteiger partial charge in [0.15, 0.2) is 0 Å². The Kier molecular flexibility index (Phi) is 2.30. The zero-order valence-electron chi connectivity index (χ0n) is 7.83. The molecule has 1 aromatic heterocycles. The molecule has 0 saturated heterocycles. The molecule has 0 aromatic carbocycles. The summed E-state index contributed by atoms with van der Waals surface area (Å²) in [7, 11) is 0. The highest BCUT2D eigenvalue weighted by Crippen LogP contribution is 2.24. The predicted octanol–water partition coefficient (Wildman–Crippen LogP) is 2.78. The fourth-order valence-corrected chi connectivity index (χ4v) is 1.59. The molecule has 13 heavy (non-hydrogen) atoms. The topological polar surface area (TPSA) is 28.7 Å². The zero-order valence-corrected chi connectivity index (χ0v) is 7.83. The molecule has 0 aliphatic heterocycles. The molecule has 2 nitrogen and oxygen atoms in total. The number of hydrogen-bond donors (Lipinski definition) is 1. The minimum atomic E-state index is 0.732. The lowest BCUT2D eigenvalue weighted by Gasteiger charge is -2.12. The van der Waals surface area contributed by atoms with Crippen LogP contribution in [0.15, 0.2) is 30.6 Å². The number of allylic oxidation sites excluding steroid dienone is 4. The highest BCUT2D eigenvalue weighted by Gasteiger charge is 2.07. The lowest BCUT2D eigenvalue weighted by Crippen LogP contribution is -1.97. The second-order valence-corrected chi connectivity index (χ2v) is 3.41. The minimum absolute atomic E-state index is 0.732. The molecule has 1 aromatic rings. The van der Waals surface area contributed by atoms with E-state index in [1.54, 1.807) is 0 Å². The molecule has 1 N–H and O–H groups in total. The van der Waals surface area contributed by atoms with E-state index in [2.05, 4.69) is 35.3 Å². The van der Waals surface area contributed by atoms with Crippen LogP contribution in [0.2, 0.25) is 0 Å². The highest BCUT2D eigenvalue weighted by atomic mass is 15.1. The van der Waals surface area contributed by atoms with Crippen LogP contribution in [0.3, 0.4) is 0 Å². The standard InChI is InChI=1S/C11H14N2/c1-2-9-3-5-10(6-4-9)11-7-12-13-8-11/h3,5-9H,2,4H2,1H3,(H,12,13). The maximum Gasteiger partial charge on any atom is 0.0565 e. The summed E-state index contributed by atoms with van der Waals surface area (Å²) in [5.41, 5.74) is 2.48. The van der Waals surface area contributed by atoms with Crippen molar-refractivity contribution >= 4 is 5.57 Å². The van der Waals surface area contributed by atoms with Crippen LogP contribution in [0, 0.1) is 5.92 Å². The van der Waals surface area contributed by atoms with Crippen LogP contribution in [-0.2, 0) is 0 Å². The first-order valence-electron chi connectivity index (χ1n) is 4.77. The lowest BCUT2D eigenvalue weighted by molar-refractivity contribution is 0.634. The van der Waals surface area contributed by atoms with Crippen molar-refractivity contribution in [1.29, 1.82) is 0 Å². The van der Waals surface area contributed by atoms with E-state index in [1.807, 2.05) is 12.4 Å². The second-order valence-electron chi connectivity index (χ2n) is 3.41. The number of rotatable bonds is 2. The van der Waals surface area contributed by atoms with Crippen molar-refractivity contribution in [3.8, 4) is 0 Å². The molecule has 1 atom stereocenters. The lowest BCUT2D eigenvalue weighted by atomic mass is 9.93. The van der Waals surface area contributed by atoms with Gasteiger partial charge in [0.1, 0.15) is 0 Å². The minimum Gasteiger partial charge on any atom is -0.285 e. The molecule has 2 rings (SSSR count). The molecule has 0 spiro atoms. The van der Waals surface area contributed by atoms with Gasteiger partial charge in [-0.15, -0.1) is 0 Å². The van der Waals surface area contributed by atoms with E-state index in [1.165, 1.54) is 17.6 Å². The summed E-state index contributed by atoms with van der Waals surface area (Å²) < 4.78 is 0. The summed E-state index contributed by atoms with van der Waals surface area (Å²) in [6.07, 6.45) is 13.0. The van der Waals surface area contributed by atoms with Crippen LogP contribution in [0.1, 0.15) is 25.3 Å². The summed E-state index contributed by atoms with van der Waals surface area (Å²) >= 11 is 0. The van der Waals surface area contributed by atoms with E-state index in [0.717, 1.165) is 12.3 Å². The van der Waals surface area contributed by atoms with E-state index in [9.17, 15) is 0 Å². The Morgan fingerprint density at radius 1 is 1.62 bits per heavy atom. The third kappa shape index (κ3) is 1.72. The van der Waals surface area contributed by atoms with Crippen LogP contribution in [-0.4, -0.2) is 10.2 Å². The molecule has 2 heteroatoms. The van der Waals surface area contributed by atoms with Gasteiger partial charge in [-0.05, 0) is 24.3 Å². The van der Waals surface area contributed by atoms with E-state index in [4.69, 9.17) is 0 Å². The number of hydrogen-bond acceptors (Lipinski definition) is 1. The van der Waals surface area contributed by atoms with Gasteiger partial charge in [0.05, 0.1) is 6.20 Å². The number of aromatic amines is 1. The normalized spacial score (nSPS) is 21.6. The molecule has 68 valence electrons. The van der Waals surface area contributed by atoms with Gasteiger partial charge in [-0.1, -0.05) is 25.2 Å². The maximum absolute atomic E-state index is 3.94. The molecule has 0 fully saturated rings. The quantitative estimate of drug-likeness (QED) is 0.733. The van der Waals surface area contributed by atoms with Gasteiger partial charge in [-0.25, -0.2) is 0 Å². The predicted molar refractivity (Wildman–Crippen MR) is 54.1 cm³/mol. The van der Waals surface area contributed by atoms with Crippen LogP contribution < -0.4 is 0 Å². The molecule has 1 aliphatic rings. The van der Waals surface area contributed by atoms with Crippen molar-refractivity contribution in [2.75, 3.05) is 0 Å². The van der Waals surface area contributed by atoms with Crippen molar-refractivity contribution in [2.24, 2.45) is 5.92 Å². The average Bonchev–Trinajstić information content (AvgIpc) is 2.71. The van der Waals surface area contributed by atoms with Gasteiger partial charge in [-0.3, -0.25) is 5.10 Å². The van der Waals surface area contributed by atoms with Crippen molar-refractivity contribution in [3.05, 3.63) is 36.2 Å². The molecule has 1 aliphatic carbocycles. The van der Waals surface area contributed by atoms with Crippen LogP contribution in [0.4, 0.5) is 0 Å². The van der Waals surface area contributed by atoms with E-state index < -0.39 is 0 Å². The average molecular weight is 174 g/mol. The Hall–Kier alpha value is -1.31. The van der Waals surface area contributed by atoms with Gasteiger partial charge in [0.2, 0.25) is 0 Å². The van der Waals surface area contributed by atoms with Gasteiger partial charge in [0, 0.05) is 11.8 Å². The second kappa shape index (κ2) is 3.60. The molecular formula is C11H14N2. The highest BCUT2D eigenvalue weighted by molar-refractivity contribution is 5.73. The molecule has 0 amide bonds. The van der Waals surface area contributed by atoms with Crippen molar-refractivity contribution < 1.29 is 0 Å². The maximum atomic E-state index is 3.94. The summed E-state index contributed by atoms with van der Waals surface area (Å²) in [5, 5.41) is 6.76. The molecule has 1 heterocycles. The van der Waals surface area contributed by atoms with E-state index in [-0.39, 0.29) is 0 Å². The fraction of sp³-hybridized carbons (Fsp3) is 0.364. The first-order valence-corrected chi connectivity index (χ1v) is 4.77. The Morgan fingerprint density at radius 3 is 3.08 bits per heavy atom. The zero-order chi connectivity index (χ0) is 9.10. The van der Waals surface area contributed by atoms with E-state index in [0.29, 0.717) is 0 Å². The molecule has 0 saturated carbocycles. The van der Waals surface area contributed by atoms with Crippen LogP contribution >= 0.6 is 0 Å². The third-order valence-electron chi connectivity index (χ3n) is 2.54. The number of nitrogens with zero attached hydrogens (tertiary/aromatic N) is 1. The molecule has 0 radical (unpaired) electrons. The molecule has 0 bridgehead atoms. The van der Waals surface area contributed by atoms with Gasteiger partial charge < -0.3 is 0 Å². The van der Waals surface area contributed by atoms with Crippen molar-refractivity contribution in [2.45, 2.75) is 19.8 Å².